The van der Waals surface area contributed by atoms with Gasteiger partial charge in [-0.3, -0.25) is 4.79 Å². The van der Waals surface area contributed by atoms with Gasteiger partial charge in [-0.1, -0.05) is 72.9 Å². The summed E-state index contributed by atoms with van der Waals surface area (Å²) in [6.45, 7) is 1.80. The molecule has 0 spiro atoms. The highest BCUT2D eigenvalue weighted by Gasteiger charge is 2.15. The number of esters is 1. The van der Waals surface area contributed by atoms with Crippen LogP contribution in [0.25, 0.3) is 0 Å². The minimum Gasteiger partial charge on any atom is -0.457 e. The summed E-state index contributed by atoms with van der Waals surface area (Å²) >= 11 is 5.35. The summed E-state index contributed by atoms with van der Waals surface area (Å²) in [6.07, 6.45) is -0.133. The van der Waals surface area contributed by atoms with Crippen LogP contribution in [0.1, 0.15) is 18.1 Å². The summed E-state index contributed by atoms with van der Waals surface area (Å²) < 4.78 is 5.39. The van der Waals surface area contributed by atoms with Crippen molar-refractivity contribution in [2.24, 2.45) is 0 Å². The van der Waals surface area contributed by atoms with Crippen molar-refractivity contribution in [3.63, 3.8) is 0 Å². The number of carbonyl (C=O) groups is 1. The number of thiocarbonyl (C=S) groups is 1. The third-order valence-corrected chi connectivity index (χ3v) is 3.49. The molecule has 0 heterocycles. The van der Waals surface area contributed by atoms with E-state index in [0.717, 1.165) is 11.1 Å². The lowest BCUT2D eigenvalue weighted by atomic mass is 10.1. The lowest BCUT2D eigenvalue weighted by molar-refractivity contribution is -0.144. The van der Waals surface area contributed by atoms with Gasteiger partial charge in [-0.2, -0.15) is 0 Å². The fraction of sp³-hybridized carbons (Fsp3) is 0.176. The van der Waals surface area contributed by atoms with Gasteiger partial charge in [0.15, 0.2) is 0 Å². The van der Waals surface area contributed by atoms with E-state index in [4.69, 9.17) is 17.0 Å². The zero-order valence-corrected chi connectivity index (χ0v) is 12.1. The highest BCUT2D eigenvalue weighted by molar-refractivity contribution is 7.81. The molecule has 0 aliphatic heterocycles. The van der Waals surface area contributed by atoms with Gasteiger partial charge in [0, 0.05) is 0 Å². The topological polar surface area (TPSA) is 26.3 Å². The monoisotopic (exact) mass is 284 g/mol. The van der Waals surface area contributed by atoms with Crippen LogP contribution in [0.15, 0.2) is 60.7 Å². The van der Waals surface area contributed by atoms with Crippen molar-refractivity contribution in [3.8, 4) is 0 Å². The van der Waals surface area contributed by atoms with Gasteiger partial charge in [-0.25, -0.2) is 0 Å². The third-order valence-electron chi connectivity index (χ3n) is 2.93. The first-order valence-corrected chi connectivity index (χ1v) is 6.90. The van der Waals surface area contributed by atoms with Gasteiger partial charge in [0.1, 0.15) is 6.10 Å². The summed E-state index contributed by atoms with van der Waals surface area (Å²) in [5.41, 5.74) is 1.86. The molecule has 0 aliphatic carbocycles. The molecule has 2 aromatic rings. The van der Waals surface area contributed by atoms with Gasteiger partial charge in [-0.15, -0.1) is 0 Å². The van der Waals surface area contributed by atoms with Crippen LogP contribution in [-0.4, -0.2) is 16.9 Å². The van der Waals surface area contributed by atoms with Gasteiger partial charge in [0.05, 0.1) is 11.3 Å². The number of hydrogen-bond acceptors (Lipinski definition) is 3. The number of hydrogen-bond donors (Lipinski definition) is 0. The van der Waals surface area contributed by atoms with Crippen molar-refractivity contribution in [1.29, 1.82) is 0 Å². The molecule has 0 saturated heterocycles. The van der Waals surface area contributed by atoms with Crippen LogP contribution in [0, 0.1) is 0 Å². The van der Waals surface area contributed by atoms with Crippen LogP contribution in [-0.2, 0) is 16.0 Å². The van der Waals surface area contributed by atoms with Gasteiger partial charge < -0.3 is 4.74 Å². The number of ether oxygens (including phenoxy) is 1. The largest absolute Gasteiger partial charge is 0.457 e. The molecule has 3 heteroatoms. The molecule has 1 unspecified atom stereocenters. The molecular formula is C17H16O2S. The van der Waals surface area contributed by atoms with Crippen molar-refractivity contribution in [1.82, 2.24) is 0 Å². The van der Waals surface area contributed by atoms with Gasteiger partial charge in [-0.05, 0) is 18.1 Å². The number of carbonyl (C=O) groups excluding carboxylic acids is 1. The van der Waals surface area contributed by atoms with Crippen LogP contribution in [0.5, 0.6) is 0 Å². The van der Waals surface area contributed by atoms with Crippen molar-refractivity contribution >= 4 is 23.1 Å². The van der Waals surface area contributed by atoms with E-state index in [2.05, 4.69) is 0 Å². The maximum absolute atomic E-state index is 11.9. The molecule has 0 N–H and O–H groups in total. The van der Waals surface area contributed by atoms with Crippen LogP contribution in [0.3, 0.4) is 0 Å². The Bertz CT molecular complexity index is 578. The Labute approximate surface area is 124 Å². The molecule has 1 atom stereocenters. The summed E-state index contributed by atoms with van der Waals surface area (Å²) in [5.74, 6) is -0.262. The summed E-state index contributed by atoms with van der Waals surface area (Å²) in [5, 5.41) is 0. The van der Waals surface area contributed by atoms with Crippen LogP contribution >= 0.6 is 12.2 Å². The average molecular weight is 284 g/mol. The standard InChI is InChI=1S/C17H16O2S/c1-13(17(20)15-10-6-3-7-11-15)19-16(18)12-14-8-4-2-5-9-14/h2-11,13H,12H2,1H3. The van der Waals surface area contributed by atoms with E-state index in [1.807, 2.05) is 60.7 Å². The SMILES string of the molecule is CC(OC(=O)Cc1ccccc1)C(=S)c1ccccc1. The second kappa shape index (κ2) is 6.96. The molecule has 20 heavy (non-hydrogen) atoms. The maximum Gasteiger partial charge on any atom is 0.310 e. The maximum atomic E-state index is 11.9. The van der Waals surface area contributed by atoms with Crippen molar-refractivity contribution in [2.75, 3.05) is 0 Å². The van der Waals surface area contributed by atoms with Crippen LogP contribution in [0.2, 0.25) is 0 Å². The van der Waals surface area contributed by atoms with E-state index >= 15 is 0 Å². The normalized spacial score (nSPS) is 11.7. The molecule has 0 aromatic heterocycles. The lowest BCUT2D eigenvalue weighted by Gasteiger charge is -2.14. The molecule has 0 amide bonds. The molecular weight excluding hydrogens is 268 g/mol. The Hall–Kier alpha value is -2.00. The highest BCUT2D eigenvalue weighted by atomic mass is 32.1. The van der Waals surface area contributed by atoms with Gasteiger partial charge in [0.2, 0.25) is 0 Å². The van der Waals surface area contributed by atoms with Crippen molar-refractivity contribution in [3.05, 3.63) is 71.8 Å². The first kappa shape index (κ1) is 14.4. The fourth-order valence-electron chi connectivity index (χ4n) is 1.89. The van der Waals surface area contributed by atoms with E-state index in [-0.39, 0.29) is 12.4 Å². The summed E-state index contributed by atoms with van der Waals surface area (Å²) in [7, 11) is 0. The summed E-state index contributed by atoms with van der Waals surface area (Å²) in [4.78, 5) is 12.5. The molecule has 102 valence electrons. The van der Waals surface area contributed by atoms with E-state index in [0.29, 0.717) is 4.86 Å². The predicted molar refractivity (Wildman–Crippen MR) is 83.8 cm³/mol. The smallest absolute Gasteiger partial charge is 0.310 e. The van der Waals surface area contributed by atoms with Crippen molar-refractivity contribution in [2.45, 2.75) is 19.4 Å². The fourth-order valence-corrected chi connectivity index (χ4v) is 2.08. The summed E-state index contributed by atoms with van der Waals surface area (Å²) in [6, 6.07) is 19.1. The third kappa shape index (κ3) is 4.00. The predicted octanol–water partition coefficient (Wildman–Crippen LogP) is 3.58. The lowest BCUT2D eigenvalue weighted by Crippen LogP contribution is -2.24. The Kier molecular flexibility index (Phi) is 5.02. The zero-order chi connectivity index (χ0) is 14.4. The molecule has 2 rings (SSSR count). The Morgan fingerprint density at radius 3 is 2.20 bits per heavy atom. The highest BCUT2D eigenvalue weighted by Crippen LogP contribution is 2.09. The Morgan fingerprint density at radius 1 is 1.05 bits per heavy atom. The molecule has 0 aliphatic rings. The first-order chi connectivity index (χ1) is 9.66. The molecule has 2 aromatic carbocycles. The molecule has 0 bridgehead atoms. The van der Waals surface area contributed by atoms with E-state index in [1.165, 1.54) is 0 Å². The molecule has 0 fully saturated rings. The second-order valence-corrected chi connectivity index (χ2v) is 4.96. The van der Waals surface area contributed by atoms with Gasteiger partial charge in [0.25, 0.3) is 0 Å². The minimum absolute atomic E-state index is 0.262. The first-order valence-electron chi connectivity index (χ1n) is 6.49. The molecule has 2 nitrogen and oxygen atoms in total. The van der Waals surface area contributed by atoms with E-state index in [1.54, 1.807) is 6.92 Å². The Balaban J connectivity index is 1.93. The average Bonchev–Trinajstić information content (AvgIpc) is 2.48. The van der Waals surface area contributed by atoms with Gasteiger partial charge >= 0.3 is 5.97 Å². The van der Waals surface area contributed by atoms with Crippen molar-refractivity contribution < 1.29 is 9.53 Å². The quantitative estimate of drug-likeness (QED) is 0.477. The number of benzene rings is 2. The van der Waals surface area contributed by atoms with E-state index in [9.17, 15) is 4.79 Å². The zero-order valence-electron chi connectivity index (χ0n) is 11.3. The number of rotatable bonds is 5. The van der Waals surface area contributed by atoms with Crippen LogP contribution < -0.4 is 0 Å². The van der Waals surface area contributed by atoms with E-state index < -0.39 is 6.10 Å². The minimum atomic E-state index is -0.399. The Morgan fingerprint density at radius 2 is 1.60 bits per heavy atom. The van der Waals surface area contributed by atoms with Crippen LogP contribution in [0.4, 0.5) is 0 Å². The molecule has 0 saturated carbocycles. The molecule has 0 radical (unpaired) electrons. The second-order valence-electron chi connectivity index (χ2n) is 4.52.